The van der Waals surface area contributed by atoms with E-state index in [9.17, 15) is 13.6 Å². The van der Waals surface area contributed by atoms with E-state index >= 15 is 0 Å². The third-order valence-electron chi connectivity index (χ3n) is 4.09. The predicted molar refractivity (Wildman–Crippen MR) is 90.5 cm³/mol. The van der Waals surface area contributed by atoms with Crippen LogP contribution in [0.25, 0.3) is 16.7 Å². The van der Waals surface area contributed by atoms with Crippen molar-refractivity contribution in [1.29, 1.82) is 0 Å². The second-order valence-corrected chi connectivity index (χ2v) is 5.99. The Bertz CT molecular complexity index is 822. The van der Waals surface area contributed by atoms with E-state index in [1.54, 1.807) is 19.1 Å². The molecule has 0 aromatic heterocycles. The molecular formula is C19H17ClF2O. The molecule has 0 unspecified atom stereocenters. The van der Waals surface area contributed by atoms with E-state index in [1.165, 1.54) is 19.1 Å². The van der Waals surface area contributed by atoms with Gasteiger partial charge in [-0.2, -0.15) is 0 Å². The van der Waals surface area contributed by atoms with Crippen LogP contribution >= 0.6 is 11.6 Å². The van der Waals surface area contributed by atoms with Crippen LogP contribution in [0.15, 0.2) is 35.9 Å². The number of ketones is 1. The van der Waals surface area contributed by atoms with Crippen LogP contribution in [0.5, 0.6) is 0 Å². The summed E-state index contributed by atoms with van der Waals surface area (Å²) in [4.78, 5) is 11.6. The molecule has 0 atom stereocenters. The summed E-state index contributed by atoms with van der Waals surface area (Å²) in [6.45, 7) is 6.91. The van der Waals surface area contributed by atoms with Crippen LogP contribution in [-0.2, 0) is 4.79 Å². The Morgan fingerprint density at radius 1 is 1.00 bits per heavy atom. The molecule has 0 spiro atoms. The van der Waals surface area contributed by atoms with Gasteiger partial charge in [-0.1, -0.05) is 11.6 Å². The average molecular weight is 335 g/mol. The summed E-state index contributed by atoms with van der Waals surface area (Å²) in [5, 5.41) is 0.431. The van der Waals surface area contributed by atoms with Crippen molar-refractivity contribution in [3.8, 4) is 11.1 Å². The van der Waals surface area contributed by atoms with Crippen molar-refractivity contribution in [3.05, 3.63) is 63.7 Å². The maximum atomic E-state index is 14.1. The molecule has 23 heavy (non-hydrogen) atoms. The van der Waals surface area contributed by atoms with Crippen LogP contribution in [0.4, 0.5) is 8.78 Å². The van der Waals surface area contributed by atoms with E-state index in [2.05, 4.69) is 0 Å². The SMILES string of the molecule is CC(=O)/C(C)=C(\C)c1cc(Cl)cc(-c2ccc(F)cc2F)c1C. The van der Waals surface area contributed by atoms with Crippen molar-refractivity contribution < 1.29 is 13.6 Å². The molecule has 0 amide bonds. The summed E-state index contributed by atoms with van der Waals surface area (Å²) in [6, 6.07) is 6.85. The van der Waals surface area contributed by atoms with E-state index in [-0.39, 0.29) is 11.3 Å². The normalized spacial score (nSPS) is 12.1. The highest BCUT2D eigenvalue weighted by Gasteiger charge is 2.15. The maximum absolute atomic E-state index is 14.1. The van der Waals surface area contributed by atoms with Gasteiger partial charge < -0.3 is 0 Å². The molecule has 0 aliphatic carbocycles. The number of benzene rings is 2. The summed E-state index contributed by atoms with van der Waals surface area (Å²) in [7, 11) is 0. The number of halogens is 3. The van der Waals surface area contributed by atoms with E-state index in [0.717, 1.165) is 22.8 Å². The average Bonchev–Trinajstić information content (AvgIpc) is 2.48. The number of allylic oxidation sites excluding steroid dienone is 2. The van der Waals surface area contributed by atoms with Crippen LogP contribution in [0.3, 0.4) is 0 Å². The Balaban J connectivity index is 2.74. The minimum Gasteiger partial charge on any atom is -0.295 e. The third kappa shape index (κ3) is 3.50. The fourth-order valence-corrected chi connectivity index (χ4v) is 2.74. The van der Waals surface area contributed by atoms with Crippen LogP contribution < -0.4 is 0 Å². The molecule has 0 saturated carbocycles. The fourth-order valence-electron chi connectivity index (χ4n) is 2.52. The fraction of sp³-hybridized carbons (Fsp3) is 0.211. The lowest BCUT2D eigenvalue weighted by atomic mass is 9.90. The van der Waals surface area contributed by atoms with Gasteiger partial charge in [0.25, 0.3) is 0 Å². The number of hydrogen-bond donors (Lipinski definition) is 0. The minimum atomic E-state index is -0.647. The molecule has 1 nitrogen and oxygen atoms in total. The van der Waals surface area contributed by atoms with Crippen molar-refractivity contribution in [2.45, 2.75) is 27.7 Å². The van der Waals surface area contributed by atoms with Crippen LogP contribution in [-0.4, -0.2) is 5.78 Å². The first-order valence-electron chi connectivity index (χ1n) is 7.16. The molecule has 0 radical (unpaired) electrons. The Morgan fingerprint density at radius 2 is 1.65 bits per heavy atom. The standard InChI is InChI=1S/C19H17ClF2O/c1-10(13(4)23)11(2)17-7-14(20)8-18(12(17)3)16-6-5-15(21)9-19(16)22/h5-9H,1-4H3/b11-10+. The molecule has 2 aromatic rings. The molecule has 2 aromatic carbocycles. The Kier molecular flexibility index (Phi) is 5.00. The largest absolute Gasteiger partial charge is 0.295 e. The molecule has 2 rings (SSSR count). The van der Waals surface area contributed by atoms with Crippen LogP contribution in [0.1, 0.15) is 31.9 Å². The van der Waals surface area contributed by atoms with E-state index in [0.29, 0.717) is 16.2 Å². The first-order valence-corrected chi connectivity index (χ1v) is 7.54. The zero-order valence-corrected chi connectivity index (χ0v) is 14.2. The van der Waals surface area contributed by atoms with Gasteiger partial charge in [0.2, 0.25) is 0 Å². The van der Waals surface area contributed by atoms with Crippen molar-refractivity contribution in [3.63, 3.8) is 0 Å². The summed E-state index contributed by atoms with van der Waals surface area (Å²) in [6.07, 6.45) is 0. The second-order valence-electron chi connectivity index (χ2n) is 5.56. The Morgan fingerprint density at radius 3 is 2.22 bits per heavy atom. The van der Waals surface area contributed by atoms with Crippen LogP contribution in [0, 0.1) is 18.6 Å². The van der Waals surface area contributed by atoms with Crippen molar-refractivity contribution in [2.24, 2.45) is 0 Å². The van der Waals surface area contributed by atoms with E-state index < -0.39 is 11.6 Å². The first-order chi connectivity index (χ1) is 10.7. The van der Waals surface area contributed by atoms with Gasteiger partial charge >= 0.3 is 0 Å². The highest BCUT2D eigenvalue weighted by Crippen LogP contribution is 2.35. The first kappa shape index (κ1) is 17.4. The highest BCUT2D eigenvalue weighted by atomic mass is 35.5. The van der Waals surface area contributed by atoms with Gasteiger partial charge in [-0.25, -0.2) is 8.78 Å². The predicted octanol–water partition coefficient (Wildman–Crippen LogP) is 5.98. The smallest absolute Gasteiger partial charge is 0.155 e. The van der Waals surface area contributed by atoms with Gasteiger partial charge in [0, 0.05) is 16.7 Å². The summed E-state index contributed by atoms with van der Waals surface area (Å²) in [5.74, 6) is -1.31. The van der Waals surface area contributed by atoms with Gasteiger partial charge in [-0.05, 0) is 79.8 Å². The number of carbonyl (C=O) groups excluding carboxylic acids is 1. The molecule has 0 aliphatic heterocycles. The Labute approximate surface area is 139 Å². The molecule has 0 heterocycles. The maximum Gasteiger partial charge on any atom is 0.155 e. The zero-order chi connectivity index (χ0) is 17.3. The highest BCUT2D eigenvalue weighted by molar-refractivity contribution is 6.31. The number of rotatable bonds is 3. The van der Waals surface area contributed by atoms with Gasteiger partial charge in [0.15, 0.2) is 5.78 Å². The van der Waals surface area contributed by atoms with Gasteiger partial charge in [-0.15, -0.1) is 0 Å². The number of carbonyl (C=O) groups is 1. The topological polar surface area (TPSA) is 17.1 Å². The molecule has 4 heteroatoms. The van der Waals surface area contributed by atoms with Gasteiger partial charge in [-0.3, -0.25) is 4.79 Å². The summed E-state index contributed by atoms with van der Waals surface area (Å²) >= 11 is 6.18. The quantitative estimate of drug-likeness (QED) is 0.631. The molecule has 0 bridgehead atoms. The molecule has 0 saturated heterocycles. The third-order valence-corrected chi connectivity index (χ3v) is 4.31. The van der Waals surface area contributed by atoms with Crippen molar-refractivity contribution in [1.82, 2.24) is 0 Å². The zero-order valence-electron chi connectivity index (χ0n) is 13.4. The van der Waals surface area contributed by atoms with Gasteiger partial charge in [0.1, 0.15) is 11.6 Å². The van der Waals surface area contributed by atoms with E-state index in [4.69, 9.17) is 11.6 Å². The summed E-state index contributed by atoms with van der Waals surface area (Å²) < 4.78 is 27.3. The van der Waals surface area contributed by atoms with E-state index in [1.807, 2.05) is 13.8 Å². The van der Waals surface area contributed by atoms with Crippen LogP contribution in [0.2, 0.25) is 5.02 Å². The monoisotopic (exact) mass is 334 g/mol. The number of Topliss-reactive ketones (excluding diaryl/α,β-unsaturated/α-hetero) is 1. The minimum absolute atomic E-state index is 0.0311. The molecule has 0 aliphatic rings. The Hall–Kier alpha value is -2.00. The lowest BCUT2D eigenvalue weighted by Gasteiger charge is -2.15. The number of hydrogen-bond acceptors (Lipinski definition) is 1. The van der Waals surface area contributed by atoms with Crippen molar-refractivity contribution >= 4 is 23.0 Å². The molecule has 0 fully saturated rings. The van der Waals surface area contributed by atoms with Crippen molar-refractivity contribution in [2.75, 3.05) is 0 Å². The molecule has 0 N–H and O–H groups in total. The molecule has 120 valence electrons. The second kappa shape index (κ2) is 6.63. The lowest BCUT2D eigenvalue weighted by Crippen LogP contribution is -1.99. The summed E-state index contributed by atoms with van der Waals surface area (Å²) in [5.41, 5.74) is 3.85. The molecular weight excluding hydrogens is 318 g/mol. The van der Waals surface area contributed by atoms with Gasteiger partial charge in [0.05, 0.1) is 0 Å². The lowest BCUT2D eigenvalue weighted by molar-refractivity contribution is -0.113.